The Bertz CT molecular complexity index is 742. The van der Waals surface area contributed by atoms with Crippen molar-refractivity contribution in [3.05, 3.63) is 34.9 Å². The van der Waals surface area contributed by atoms with Crippen molar-refractivity contribution in [1.29, 1.82) is 0 Å². The van der Waals surface area contributed by atoms with Gasteiger partial charge in [0.25, 0.3) is 11.8 Å². The Morgan fingerprint density at radius 3 is 2.82 bits per heavy atom. The van der Waals surface area contributed by atoms with Crippen LogP contribution in [0.25, 0.3) is 0 Å². The molecule has 0 saturated carbocycles. The second-order valence-corrected chi connectivity index (χ2v) is 5.95. The molecule has 2 aromatic heterocycles. The molecule has 0 fully saturated rings. The lowest BCUT2D eigenvalue weighted by Gasteiger charge is -2.21. The molecule has 1 aliphatic rings. The highest BCUT2D eigenvalue weighted by molar-refractivity contribution is 6.09. The molecule has 7 nitrogen and oxygen atoms in total. The van der Waals surface area contributed by atoms with E-state index in [4.69, 9.17) is 8.94 Å². The van der Waals surface area contributed by atoms with Crippen LogP contribution in [0.2, 0.25) is 0 Å². The molecule has 2 aromatic rings. The Hall–Kier alpha value is -2.44. The van der Waals surface area contributed by atoms with Crippen molar-refractivity contribution in [2.24, 2.45) is 0 Å². The van der Waals surface area contributed by atoms with E-state index in [0.717, 1.165) is 6.42 Å². The Labute approximate surface area is 127 Å². The predicted molar refractivity (Wildman–Crippen MR) is 75.5 cm³/mol. The van der Waals surface area contributed by atoms with Gasteiger partial charge in [-0.2, -0.15) is 4.98 Å². The summed E-state index contributed by atoms with van der Waals surface area (Å²) in [5.41, 5.74) is -0.175. The van der Waals surface area contributed by atoms with Crippen LogP contribution in [0, 0.1) is 6.92 Å². The van der Waals surface area contributed by atoms with Crippen LogP contribution in [0.15, 0.2) is 15.2 Å². The number of rotatable bonds is 3. The van der Waals surface area contributed by atoms with Crippen LogP contribution in [0.5, 0.6) is 0 Å². The lowest BCUT2D eigenvalue weighted by molar-refractivity contribution is 0.0881. The van der Waals surface area contributed by atoms with Crippen molar-refractivity contribution < 1.29 is 18.5 Å². The van der Waals surface area contributed by atoms with Crippen LogP contribution in [0.4, 0.5) is 0 Å². The second-order valence-electron chi connectivity index (χ2n) is 5.95. The Morgan fingerprint density at radius 2 is 2.14 bits per heavy atom. The van der Waals surface area contributed by atoms with Gasteiger partial charge in [0, 0.05) is 12.8 Å². The van der Waals surface area contributed by atoms with E-state index in [2.05, 4.69) is 15.5 Å². The number of aromatic nitrogens is 2. The van der Waals surface area contributed by atoms with Gasteiger partial charge < -0.3 is 14.3 Å². The number of fused-ring (bicyclic) bond motifs is 1. The number of hydrogen-bond acceptors (Lipinski definition) is 6. The summed E-state index contributed by atoms with van der Waals surface area (Å²) in [6, 6.07) is 0. The molecule has 1 amide bonds. The van der Waals surface area contributed by atoms with Crippen LogP contribution in [0.1, 0.15) is 64.9 Å². The van der Waals surface area contributed by atoms with Crippen LogP contribution < -0.4 is 5.32 Å². The minimum Gasteiger partial charge on any atom is -0.468 e. The normalized spacial score (nSPS) is 14.8. The minimum atomic E-state index is -0.847. The molecule has 2 heterocycles. The van der Waals surface area contributed by atoms with Crippen LogP contribution in [0.3, 0.4) is 0 Å². The number of Topliss-reactive ketones (excluding diaryl/α,β-unsaturated/α-hetero) is 1. The zero-order valence-corrected chi connectivity index (χ0v) is 12.7. The highest BCUT2D eigenvalue weighted by atomic mass is 16.5. The third kappa shape index (κ3) is 2.43. The fraction of sp³-hybridized carbons (Fsp3) is 0.467. The first-order valence-corrected chi connectivity index (χ1v) is 7.15. The minimum absolute atomic E-state index is 0.0495. The Balaban J connectivity index is 1.86. The van der Waals surface area contributed by atoms with Gasteiger partial charge >= 0.3 is 0 Å². The SMILES string of the molecule is Cc1noc(C(C)(C)NC(=O)c2coc3c2C(=O)CCC3)n1. The fourth-order valence-corrected chi connectivity index (χ4v) is 2.54. The van der Waals surface area contributed by atoms with Crippen molar-refractivity contribution in [3.63, 3.8) is 0 Å². The molecule has 0 saturated heterocycles. The summed E-state index contributed by atoms with van der Waals surface area (Å²) in [5, 5.41) is 6.54. The zero-order chi connectivity index (χ0) is 15.9. The van der Waals surface area contributed by atoms with E-state index in [0.29, 0.717) is 35.9 Å². The summed E-state index contributed by atoms with van der Waals surface area (Å²) < 4.78 is 10.5. The van der Waals surface area contributed by atoms with Crippen molar-refractivity contribution in [2.45, 2.75) is 45.6 Å². The monoisotopic (exact) mass is 303 g/mol. The summed E-state index contributed by atoms with van der Waals surface area (Å²) >= 11 is 0. The largest absolute Gasteiger partial charge is 0.468 e. The number of nitrogens with zero attached hydrogens (tertiary/aromatic N) is 2. The molecule has 0 aliphatic heterocycles. The van der Waals surface area contributed by atoms with Gasteiger partial charge in [-0.15, -0.1) is 0 Å². The van der Waals surface area contributed by atoms with Crippen molar-refractivity contribution in [2.75, 3.05) is 0 Å². The number of amides is 1. The smallest absolute Gasteiger partial charge is 0.256 e. The lowest BCUT2D eigenvalue weighted by Crippen LogP contribution is -2.41. The maximum Gasteiger partial charge on any atom is 0.256 e. The number of aryl methyl sites for hydroxylation is 2. The molecule has 0 atom stereocenters. The van der Waals surface area contributed by atoms with E-state index in [1.54, 1.807) is 20.8 Å². The molecule has 0 bridgehead atoms. The zero-order valence-electron chi connectivity index (χ0n) is 12.7. The van der Waals surface area contributed by atoms with Gasteiger partial charge in [-0.3, -0.25) is 9.59 Å². The van der Waals surface area contributed by atoms with Gasteiger partial charge in [0.15, 0.2) is 11.6 Å². The lowest BCUT2D eigenvalue weighted by atomic mass is 9.93. The third-order valence-corrected chi connectivity index (χ3v) is 3.69. The summed E-state index contributed by atoms with van der Waals surface area (Å²) in [6.07, 6.45) is 3.23. The first-order valence-electron chi connectivity index (χ1n) is 7.15. The average Bonchev–Trinajstić information content (AvgIpc) is 3.05. The molecule has 0 aromatic carbocycles. The first-order chi connectivity index (χ1) is 10.4. The van der Waals surface area contributed by atoms with Crippen molar-refractivity contribution in [3.8, 4) is 0 Å². The number of furan rings is 1. The summed E-state index contributed by atoms with van der Waals surface area (Å²) in [6.45, 7) is 5.22. The van der Waals surface area contributed by atoms with Gasteiger partial charge in [0.05, 0.1) is 11.1 Å². The Kier molecular flexibility index (Phi) is 3.35. The van der Waals surface area contributed by atoms with Gasteiger partial charge in [-0.25, -0.2) is 0 Å². The summed E-state index contributed by atoms with van der Waals surface area (Å²) in [5.74, 6) is 0.954. The third-order valence-electron chi connectivity index (χ3n) is 3.69. The molecule has 0 unspecified atom stereocenters. The van der Waals surface area contributed by atoms with E-state index >= 15 is 0 Å². The number of carbonyl (C=O) groups is 2. The number of ketones is 1. The maximum absolute atomic E-state index is 12.5. The number of carbonyl (C=O) groups excluding carboxylic acids is 2. The Morgan fingerprint density at radius 1 is 1.36 bits per heavy atom. The highest BCUT2D eigenvalue weighted by Crippen LogP contribution is 2.27. The molecule has 3 rings (SSSR count). The van der Waals surface area contributed by atoms with Gasteiger partial charge in [-0.05, 0) is 27.2 Å². The number of nitrogens with one attached hydrogen (secondary N) is 1. The number of hydrogen-bond donors (Lipinski definition) is 1. The fourth-order valence-electron chi connectivity index (χ4n) is 2.54. The molecular weight excluding hydrogens is 286 g/mol. The topological polar surface area (TPSA) is 98.2 Å². The molecule has 116 valence electrons. The average molecular weight is 303 g/mol. The van der Waals surface area contributed by atoms with E-state index < -0.39 is 5.54 Å². The molecule has 0 spiro atoms. The van der Waals surface area contributed by atoms with Crippen molar-refractivity contribution >= 4 is 11.7 Å². The van der Waals surface area contributed by atoms with Gasteiger partial charge in [0.2, 0.25) is 0 Å². The quantitative estimate of drug-likeness (QED) is 0.933. The maximum atomic E-state index is 12.5. The predicted octanol–water partition coefficient (Wildman–Crippen LogP) is 2.16. The molecule has 7 heteroatoms. The van der Waals surface area contributed by atoms with Crippen LogP contribution in [-0.4, -0.2) is 21.8 Å². The van der Waals surface area contributed by atoms with Gasteiger partial charge in [-0.1, -0.05) is 5.16 Å². The molecule has 1 aliphatic carbocycles. The summed E-state index contributed by atoms with van der Waals surface area (Å²) in [4.78, 5) is 28.7. The summed E-state index contributed by atoms with van der Waals surface area (Å²) in [7, 11) is 0. The first kappa shape index (κ1) is 14.5. The molecule has 22 heavy (non-hydrogen) atoms. The molecule has 0 radical (unpaired) electrons. The van der Waals surface area contributed by atoms with E-state index in [9.17, 15) is 9.59 Å². The standard InChI is InChI=1S/C15H17N3O4/c1-8-16-14(22-18-8)15(2,3)17-13(20)9-7-21-11-6-4-5-10(19)12(9)11/h7H,4-6H2,1-3H3,(H,17,20). The van der Waals surface area contributed by atoms with Crippen LogP contribution >= 0.6 is 0 Å². The highest BCUT2D eigenvalue weighted by Gasteiger charge is 2.33. The van der Waals surface area contributed by atoms with Crippen molar-refractivity contribution in [1.82, 2.24) is 15.5 Å². The second kappa shape index (κ2) is 5.08. The van der Waals surface area contributed by atoms with Crippen LogP contribution in [-0.2, 0) is 12.0 Å². The molecular formula is C15H17N3O4. The van der Waals surface area contributed by atoms with E-state index in [-0.39, 0.29) is 17.3 Å². The molecule has 1 N–H and O–H groups in total. The van der Waals surface area contributed by atoms with E-state index in [1.807, 2.05) is 0 Å². The van der Waals surface area contributed by atoms with Gasteiger partial charge in [0.1, 0.15) is 17.6 Å². The van der Waals surface area contributed by atoms with E-state index in [1.165, 1.54) is 6.26 Å².